The number of thioether (sulfide) groups is 1. The minimum atomic E-state index is -0.00221. The Morgan fingerprint density at radius 2 is 2.20 bits per heavy atom. The fourth-order valence-corrected chi connectivity index (χ4v) is 4.02. The van der Waals surface area contributed by atoms with Gasteiger partial charge in [0.05, 0.1) is 12.6 Å². The predicted octanol–water partition coefficient (Wildman–Crippen LogP) is 3.44. The number of benzene rings is 1. The van der Waals surface area contributed by atoms with Crippen LogP contribution in [0.2, 0.25) is 0 Å². The molecule has 6 nitrogen and oxygen atoms in total. The number of nitrogens with one attached hydrogen (secondary N) is 1. The summed E-state index contributed by atoms with van der Waals surface area (Å²) in [6.07, 6.45) is 4.68. The molecule has 0 radical (unpaired) electrons. The Balaban J connectivity index is 1.73. The summed E-state index contributed by atoms with van der Waals surface area (Å²) in [4.78, 5) is 25.5. The lowest BCUT2D eigenvalue weighted by Crippen LogP contribution is -2.48. The Morgan fingerprint density at radius 3 is 3.00 bits per heavy atom. The molecule has 1 aromatic carbocycles. The van der Waals surface area contributed by atoms with Crippen LogP contribution in [0.4, 0.5) is 16.3 Å². The fraction of sp³-hybridized carbons (Fsp3) is 0.389. The van der Waals surface area contributed by atoms with E-state index in [2.05, 4.69) is 40.4 Å². The molecule has 1 N–H and O–H groups in total. The van der Waals surface area contributed by atoms with Crippen molar-refractivity contribution in [2.45, 2.75) is 31.1 Å². The molecule has 130 valence electrons. The maximum absolute atomic E-state index is 13.0. The zero-order valence-electron chi connectivity index (χ0n) is 14.6. The number of hydrogen-bond donors (Lipinski definition) is 1. The molecule has 7 heteroatoms. The van der Waals surface area contributed by atoms with Gasteiger partial charge in [-0.3, -0.25) is 4.90 Å². The number of nitrogens with zero attached hydrogens (tertiary/aromatic N) is 4. The van der Waals surface area contributed by atoms with Crippen LogP contribution in [0.25, 0.3) is 0 Å². The zero-order chi connectivity index (χ0) is 17.6. The number of para-hydroxylation sites is 1. The van der Waals surface area contributed by atoms with E-state index in [0.717, 1.165) is 30.0 Å². The Morgan fingerprint density at radius 1 is 1.36 bits per heavy atom. The van der Waals surface area contributed by atoms with Gasteiger partial charge in [0.2, 0.25) is 0 Å². The van der Waals surface area contributed by atoms with E-state index in [1.165, 1.54) is 22.9 Å². The first kappa shape index (κ1) is 16.2. The van der Waals surface area contributed by atoms with Crippen molar-refractivity contribution in [3.05, 3.63) is 41.1 Å². The van der Waals surface area contributed by atoms with Crippen molar-refractivity contribution in [3.8, 4) is 0 Å². The monoisotopic (exact) mass is 355 g/mol. The SMILES string of the molecule is CSc1ncc2c(n1)N(C)C(=O)N([C@H]1CCNc3c(C)cccc31)C2. The number of fused-ring (bicyclic) bond motifs is 2. The van der Waals surface area contributed by atoms with Gasteiger partial charge in [0.1, 0.15) is 5.82 Å². The third kappa shape index (κ3) is 2.63. The van der Waals surface area contributed by atoms with E-state index in [1.54, 1.807) is 11.9 Å². The number of carbonyl (C=O) groups excluding carboxylic acids is 1. The number of rotatable bonds is 2. The number of carbonyl (C=O) groups is 1. The van der Waals surface area contributed by atoms with E-state index in [4.69, 9.17) is 0 Å². The van der Waals surface area contributed by atoms with Gasteiger partial charge in [0.15, 0.2) is 5.16 Å². The number of urea groups is 1. The molecule has 1 aromatic heterocycles. The van der Waals surface area contributed by atoms with E-state index < -0.39 is 0 Å². The van der Waals surface area contributed by atoms with Crippen molar-refractivity contribution in [1.29, 1.82) is 0 Å². The molecule has 4 rings (SSSR count). The number of anilines is 2. The summed E-state index contributed by atoms with van der Waals surface area (Å²) in [5.74, 6) is 0.721. The summed E-state index contributed by atoms with van der Waals surface area (Å²) < 4.78 is 0. The Bertz CT molecular complexity index is 840. The molecular formula is C18H21N5OS. The van der Waals surface area contributed by atoms with E-state index in [9.17, 15) is 4.79 Å². The predicted molar refractivity (Wildman–Crippen MR) is 100 cm³/mol. The average Bonchev–Trinajstić information content (AvgIpc) is 2.64. The average molecular weight is 355 g/mol. The Kier molecular flexibility index (Phi) is 4.03. The minimum Gasteiger partial charge on any atom is -0.384 e. The van der Waals surface area contributed by atoms with Gasteiger partial charge in [0, 0.05) is 31.0 Å². The molecule has 1 atom stereocenters. The number of aromatic nitrogens is 2. The second kappa shape index (κ2) is 6.22. The molecule has 2 amide bonds. The van der Waals surface area contributed by atoms with E-state index >= 15 is 0 Å². The molecule has 3 heterocycles. The Labute approximate surface area is 151 Å². The summed E-state index contributed by atoms with van der Waals surface area (Å²) in [6.45, 7) is 3.52. The first-order chi connectivity index (χ1) is 12.1. The zero-order valence-corrected chi connectivity index (χ0v) is 15.4. The lowest BCUT2D eigenvalue weighted by molar-refractivity contribution is 0.169. The lowest BCUT2D eigenvalue weighted by Gasteiger charge is -2.41. The van der Waals surface area contributed by atoms with Gasteiger partial charge in [-0.1, -0.05) is 30.0 Å². The maximum atomic E-state index is 13.0. The summed E-state index contributed by atoms with van der Waals surface area (Å²) in [6, 6.07) is 6.35. The van der Waals surface area contributed by atoms with Crippen molar-refractivity contribution >= 4 is 29.3 Å². The van der Waals surface area contributed by atoms with Crippen molar-refractivity contribution in [1.82, 2.24) is 14.9 Å². The van der Waals surface area contributed by atoms with E-state index in [-0.39, 0.29) is 12.1 Å². The highest BCUT2D eigenvalue weighted by Crippen LogP contribution is 2.39. The van der Waals surface area contributed by atoms with Crippen LogP contribution in [0.15, 0.2) is 29.6 Å². The molecule has 0 bridgehead atoms. The summed E-state index contributed by atoms with van der Waals surface area (Å²) in [5.41, 5.74) is 4.56. The maximum Gasteiger partial charge on any atom is 0.326 e. The largest absolute Gasteiger partial charge is 0.384 e. The highest BCUT2D eigenvalue weighted by molar-refractivity contribution is 7.98. The van der Waals surface area contributed by atoms with Crippen LogP contribution >= 0.6 is 11.8 Å². The summed E-state index contributed by atoms with van der Waals surface area (Å²) >= 11 is 1.48. The first-order valence-corrected chi connectivity index (χ1v) is 9.60. The highest BCUT2D eigenvalue weighted by atomic mass is 32.2. The number of amides is 2. The summed E-state index contributed by atoms with van der Waals surface area (Å²) in [5, 5.41) is 4.17. The molecule has 0 saturated carbocycles. The molecule has 2 aliphatic heterocycles. The molecular weight excluding hydrogens is 334 g/mol. The van der Waals surface area contributed by atoms with Gasteiger partial charge in [-0.05, 0) is 30.7 Å². The molecule has 0 unspecified atom stereocenters. The summed E-state index contributed by atoms with van der Waals surface area (Å²) in [7, 11) is 1.79. The van der Waals surface area contributed by atoms with Gasteiger partial charge >= 0.3 is 6.03 Å². The highest BCUT2D eigenvalue weighted by Gasteiger charge is 2.36. The fourth-order valence-electron chi connectivity index (χ4n) is 3.68. The standard InChI is InChI=1S/C18H21N5OS/c1-11-5-4-6-13-14(7-8-19-15(11)13)23-10-12-9-20-17(25-3)21-16(12)22(2)18(23)24/h4-6,9,14,19H,7-8,10H2,1-3H3/t14-/m0/s1. The van der Waals surface area contributed by atoms with Crippen molar-refractivity contribution in [2.24, 2.45) is 0 Å². The van der Waals surface area contributed by atoms with Crippen LogP contribution in [0, 0.1) is 6.92 Å². The van der Waals surface area contributed by atoms with Gasteiger partial charge in [-0.25, -0.2) is 14.8 Å². The molecule has 0 saturated heterocycles. The van der Waals surface area contributed by atoms with Crippen molar-refractivity contribution < 1.29 is 4.79 Å². The third-order valence-electron chi connectivity index (χ3n) is 4.95. The normalized spacial score (nSPS) is 19.3. The molecule has 0 spiro atoms. The van der Waals surface area contributed by atoms with Crippen LogP contribution in [-0.2, 0) is 6.54 Å². The quantitative estimate of drug-likeness (QED) is 0.660. The lowest BCUT2D eigenvalue weighted by atomic mass is 9.93. The van der Waals surface area contributed by atoms with Gasteiger partial charge in [0.25, 0.3) is 0 Å². The topological polar surface area (TPSA) is 61.4 Å². The second-order valence-corrected chi connectivity index (χ2v) is 7.22. The van der Waals surface area contributed by atoms with Gasteiger partial charge in [-0.2, -0.15) is 0 Å². The molecule has 2 aromatic rings. The van der Waals surface area contributed by atoms with Crippen LogP contribution < -0.4 is 10.2 Å². The molecule has 25 heavy (non-hydrogen) atoms. The van der Waals surface area contributed by atoms with Crippen LogP contribution in [0.3, 0.4) is 0 Å². The van der Waals surface area contributed by atoms with Crippen molar-refractivity contribution in [3.63, 3.8) is 0 Å². The second-order valence-electron chi connectivity index (χ2n) is 6.45. The molecule has 2 aliphatic rings. The van der Waals surface area contributed by atoms with Crippen molar-refractivity contribution in [2.75, 3.05) is 30.1 Å². The van der Waals surface area contributed by atoms with E-state index in [1.807, 2.05) is 17.4 Å². The van der Waals surface area contributed by atoms with E-state index in [0.29, 0.717) is 11.7 Å². The third-order valence-corrected chi connectivity index (χ3v) is 5.51. The number of hydrogen-bond acceptors (Lipinski definition) is 5. The van der Waals surface area contributed by atoms with Gasteiger partial charge < -0.3 is 10.2 Å². The minimum absolute atomic E-state index is 0.00221. The number of aryl methyl sites for hydroxylation is 1. The Hall–Kier alpha value is -2.28. The first-order valence-electron chi connectivity index (χ1n) is 8.37. The van der Waals surface area contributed by atoms with Crippen LogP contribution in [0.5, 0.6) is 0 Å². The van der Waals surface area contributed by atoms with Gasteiger partial charge in [-0.15, -0.1) is 0 Å². The molecule has 0 aliphatic carbocycles. The smallest absolute Gasteiger partial charge is 0.326 e. The van der Waals surface area contributed by atoms with Crippen LogP contribution in [-0.4, -0.2) is 40.7 Å². The molecule has 0 fully saturated rings. The van der Waals surface area contributed by atoms with Crippen LogP contribution in [0.1, 0.15) is 29.2 Å².